The van der Waals surface area contributed by atoms with Gasteiger partial charge in [0.05, 0.1) is 6.67 Å². The second-order valence-electron chi connectivity index (χ2n) is 6.31. The van der Waals surface area contributed by atoms with E-state index in [1.54, 1.807) is 0 Å². The van der Waals surface area contributed by atoms with Gasteiger partial charge in [-0.2, -0.15) is 5.43 Å². The number of hydrogen-bond acceptors (Lipinski definition) is 5. The quantitative estimate of drug-likeness (QED) is 0.850. The maximum atomic E-state index is 5.80. The Morgan fingerprint density at radius 3 is 2.24 bits per heavy atom. The molecule has 2 aliphatic rings. The van der Waals surface area contributed by atoms with E-state index >= 15 is 0 Å². The van der Waals surface area contributed by atoms with Crippen LogP contribution in [0.5, 0.6) is 0 Å². The Balaban J connectivity index is 1.31. The Labute approximate surface area is 153 Å². The van der Waals surface area contributed by atoms with Crippen LogP contribution in [-0.2, 0) is 4.74 Å². The van der Waals surface area contributed by atoms with Gasteiger partial charge in [-0.05, 0) is 24.4 Å². The van der Waals surface area contributed by atoms with Crippen molar-refractivity contribution in [1.29, 1.82) is 0 Å². The topological polar surface area (TPSA) is 31.0 Å². The minimum Gasteiger partial charge on any atom is -0.445 e. The van der Waals surface area contributed by atoms with Crippen molar-refractivity contribution < 1.29 is 4.74 Å². The van der Waals surface area contributed by atoms with Crippen molar-refractivity contribution in [3.8, 4) is 0 Å². The van der Waals surface area contributed by atoms with Crippen molar-refractivity contribution in [3.05, 3.63) is 66.2 Å². The zero-order valence-corrected chi connectivity index (χ0v) is 14.9. The molecule has 1 N–H and O–H groups in total. The molecule has 0 aliphatic carbocycles. The molecule has 2 fully saturated rings. The fraction of sp³-hybridized carbons (Fsp3) is 0.316. The summed E-state index contributed by atoms with van der Waals surface area (Å²) in [6.45, 7) is 4.79. The van der Waals surface area contributed by atoms with Crippen molar-refractivity contribution in [2.45, 2.75) is 6.23 Å². The molecule has 0 saturated carbocycles. The number of benzene rings is 2. The van der Waals surface area contributed by atoms with Crippen LogP contribution < -0.4 is 10.3 Å². The van der Waals surface area contributed by atoms with Gasteiger partial charge in [0.2, 0.25) is 0 Å². The average molecular weight is 354 g/mol. The highest BCUT2D eigenvalue weighted by molar-refractivity contribution is 7.80. The summed E-state index contributed by atoms with van der Waals surface area (Å²) in [6, 6.07) is 20.7. The molecule has 130 valence electrons. The Bertz CT molecular complexity index is 704. The zero-order chi connectivity index (χ0) is 17.1. The molecule has 2 aliphatic heterocycles. The van der Waals surface area contributed by atoms with E-state index in [4.69, 9.17) is 17.0 Å². The normalized spacial score (nSPS) is 21.4. The van der Waals surface area contributed by atoms with E-state index in [9.17, 15) is 0 Å². The number of thiocarbonyl (C=S) groups is 1. The number of piperazine rings is 1. The third-order valence-electron chi connectivity index (χ3n) is 4.65. The van der Waals surface area contributed by atoms with E-state index in [0.29, 0.717) is 5.17 Å². The fourth-order valence-corrected chi connectivity index (χ4v) is 3.45. The van der Waals surface area contributed by atoms with Crippen molar-refractivity contribution in [3.63, 3.8) is 0 Å². The van der Waals surface area contributed by atoms with Crippen LogP contribution in [0, 0.1) is 0 Å². The molecule has 4 rings (SSSR count). The summed E-state index contributed by atoms with van der Waals surface area (Å²) >= 11 is 5.39. The van der Waals surface area contributed by atoms with E-state index in [0.717, 1.165) is 38.4 Å². The maximum Gasteiger partial charge on any atom is 0.277 e. The second kappa shape index (κ2) is 7.39. The van der Waals surface area contributed by atoms with Gasteiger partial charge in [0.1, 0.15) is 0 Å². The Morgan fingerprint density at radius 2 is 1.56 bits per heavy atom. The van der Waals surface area contributed by atoms with E-state index in [1.165, 1.54) is 5.69 Å². The lowest BCUT2D eigenvalue weighted by Gasteiger charge is -2.37. The summed E-state index contributed by atoms with van der Waals surface area (Å²) in [5.74, 6) is 0. The summed E-state index contributed by atoms with van der Waals surface area (Å²) in [5.41, 5.74) is 5.74. The van der Waals surface area contributed by atoms with Crippen LogP contribution in [0.3, 0.4) is 0 Å². The molecular formula is C19H22N4OS. The van der Waals surface area contributed by atoms with Crippen LogP contribution >= 0.6 is 12.2 Å². The fourth-order valence-electron chi connectivity index (χ4n) is 3.24. The van der Waals surface area contributed by atoms with Crippen molar-refractivity contribution in [2.24, 2.45) is 0 Å². The van der Waals surface area contributed by atoms with Gasteiger partial charge in [0.15, 0.2) is 6.23 Å². The predicted octanol–water partition coefficient (Wildman–Crippen LogP) is 2.59. The Kier molecular flexibility index (Phi) is 4.83. The van der Waals surface area contributed by atoms with E-state index in [-0.39, 0.29) is 6.23 Å². The van der Waals surface area contributed by atoms with Crippen LogP contribution in [0.15, 0.2) is 60.7 Å². The van der Waals surface area contributed by atoms with Crippen LogP contribution in [0.2, 0.25) is 0 Å². The van der Waals surface area contributed by atoms with Crippen LogP contribution in [0.25, 0.3) is 0 Å². The molecule has 2 saturated heterocycles. The molecule has 2 aromatic rings. The van der Waals surface area contributed by atoms with Crippen molar-refractivity contribution >= 4 is 23.1 Å². The molecule has 0 bridgehead atoms. The maximum absolute atomic E-state index is 5.80. The highest BCUT2D eigenvalue weighted by Gasteiger charge is 2.30. The van der Waals surface area contributed by atoms with Crippen LogP contribution in [0.1, 0.15) is 11.8 Å². The molecule has 2 aromatic carbocycles. The Morgan fingerprint density at radius 1 is 0.920 bits per heavy atom. The molecule has 0 spiro atoms. The number of anilines is 1. The van der Waals surface area contributed by atoms with E-state index in [2.05, 4.69) is 45.6 Å². The van der Waals surface area contributed by atoms with Gasteiger partial charge in [-0.25, -0.2) is 0 Å². The lowest BCUT2D eigenvalue weighted by molar-refractivity contribution is 0.133. The van der Waals surface area contributed by atoms with Gasteiger partial charge in [0.25, 0.3) is 5.17 Å². The van der Waals surface area contributed by atoms with Crippen molar-refractivity contribution in [2.75, 3.05) is 37.7 Å². The number of ether oxygens (including phenoxy) is 1. The van der Waals surface area contributed by atoms with Crippen molar-refractivity contribution in [1.82, 2.24) is 15.3 Å². The summed E-state index contributed by atoms with van der Waals surface area (Å²) in [7, 11) is 0. The predicted molar refractivity (Wildman–Crippen MR) is 103 cm³/mol. The van der Waals surface area contributed by atoms with Gasteiger partial charge >= 0.3 is 0 Å². The molecule has 0 radical (unpaired) electrons. The number of hydrogen-bond donors (Lipinski definition) is 1. The zero-order valence-electron chi connectivity index (χ0n) is 14.0. The first-order valence-corrected chi connectivity index (χ1v) is 9.02. The lowest BCUT2D eigenvalue weighted by atomic mass is 10.2. The molecule has 0 amide bonds. The molecule has 25 heavy (non-hydrogen) atoms. The average Bonchev–Trinajstić information content (AvgIpc) is 3.04. The van der Waals surface area contributed by atoms with Crippen LogP contribution in [0.4, 0.5) is 5.69 Å². The Hall–Kier alpha value is -2.15. The number of rotatable bonds is 4. The highest BCUT2D eigenvalue weighted by Crippen LogP contribution is 2.22. The lowest BCUT2D eigenvalue weighted by Crippen LogP contribution is -2.52. The summed E-state index contributed by atoms with van der Waals surface area (Å²) in [5, 5.41) is 2.45. The van der Waals surface area contributed by atoms with Crippen LogP contribution in [-0.4, -0.2) is 47.9 Å². The third-order valence-corrected chi connectivity index (χ3v) is 4.97. The first-order valence-electron chi connectivity index (χ1n) is 8.61. The molecule has 5 nitrogen and oxygen atoms in total. The summed E-state index contributed by atoms with van der Waals surface area (Å²) in [4.78, 5) is 4.82. The van der Waals surface area contributed by atoms with E-state index in [1.807, 2.05) is 35.3 Å². The van der Waals surface area contributed by atoms with E-state index < -0.39 is 0 Å². The summed E-state index contributed by atoms with van der Waals surface area (Å²) < 4.78 is 5.80. The number of hydrazine groups is 1. The van der Waals surface area contributed by atoms with Gasteiger partial charge in [-0.3, -0.25) is 9.91 Å². The first kappa shape index (κ1) is 16.3. The molecule has 2 heterocycles. The minimum atomic E-state index is -0.195. The number of nitrogens with one attached hydrogen (secondary N) is 1. The number of nitrogens with zero attached hydrogens (tertiary/aromatic N) is 3. The van der Waals surface area contributed by atoms with Gasteiger partial charge in [-0.1, -0.05) is 48.5 Å². The van der Waals surface area contributed by atoms with Gasteiger partial charge in [0, 0.05) is 37.4 Å². The summed E-state index contributed by atoms with van der Waals surface area (Å²) in [6.07, 6.45) is -0.195. The first-order chi connectivity index (χ1) is 12.3. The molecule has 0 aromatic heterocycles. The molecule has 1 atom stereocenters. The highest BCUT2D eigenvalue weighted by atomic mass is 32.1. The largest absolute Gasteiger partial charge is 0.445 e. The second-order valence-corrected chi connectivity index (χ2v) is 6.66. The minimum absolute atomic E-state index is 0.195. The standard InChI is InChI=1S/C19H22N4OS/c25-19-23(20-18(24-19)16-7-3-1-4-8-16)15-21-11-13-22(14-12-21)17-9-5-2-6-10-17/h1-10,18,20H,11-15H2. The smallest absolute Gasteiger partial charge is 0.277 e. The number of para-hydroxylation sites is 1. The van der Waals surface area contributed by atoms with Gasteiger partial charge < -0.3 is 9.64 Å². The monoisotopic (exact) mass is 354 g/mol. The molecule has 6 heteroatoms. The SMILES string of the molecule is S=C1OC(c2ccccc2)NN1CN1CCN(c2ccccc2)CC1. The molecular weight excluding hydrogens is 332 g/mol. The molecule has 1 unspecified atom stereocenters. The third kappa shape index (κ3) is 3.76. The van der Waals surface area contributed by atoms with Gasteiger partial charge in [-0.15, -0.1) is 0 Å².